The van der Waals surface area contributed by atoms with Gasteiger partial charge in [-0.15, -0.1) is 0 Å². The quantitative estimate of drug-likeness (QED) is 0.208. The average molecular weight is 516 g/mol. The third kappa shape index (κ3) is 4.86. The maximum atomic E-state index is 12.4. The van der Waals surface area contributed by atoms with E-state index in [0.717, 1.165) is 69.1 Å². The van der Waals surface area contributed by atoms with Crippen molar-refractivity contribution in [2.45, 2.75) is 38.5 Å². The molecule has 194 valence electrons. The topological polar surface area (TPSA) is 78.1 Å². The van der Waals surface area contributed by atoms with Crippen LogP contribution in [-0.2, 0) is 21.4 Å². The van der Waals surface area contributed by atoms with E-state index in [-0.39, 0.29) is 5.97 Å². The van der Waals surface area contributed by atoms with Crippen LogP contribution in [0.5, 0.6) is 0 Å². The normalized spacial score (nSPS) is 13.7. The SMILES string of the molecule is CCOC(=O)C1(c2ccc(-c3ccc(-c4onc(C)c4Cc4cccc(-c5cccnc5)n4)cc3)cc2)CC1. The molecule has 1 saturated carbocycles. The Hall–Kier alpha value is -4.58. The lowest BCUT2D eigenvalue weighted by molar-refractivity contribution is -0.146. The van der Waals surface area contributed by atoms with Gasteiger partial charge in [-0.1, -0.05) is 59.8 Å². The largest absolute Gasteiger partial charge is 0.465 e. The van der Waals surface area contributed by atoms with Crippen molar-refractivity contribution in [3.05, 3.63) is 114 Å². The van der Waals surface area contributed by atoms with E-state index < -0.39 is 5.41 Å². The van der Waals surface area contributed by atoms with E-state index in [1.807, 2.05) is 50.4 Å². The molecule has 39 heavy (non-hydrogen) atoms. The molecule has 3 heterocycles. The molecule has 0 unspecified atom stereocenters. The summed E-state index contributed by atoms with van der Waals surface area (Å²) in [7, 11) is 0. The van der Waals surface area contributed by atoms with Gasteiger partial charge in [-0.2, -0.15) is 0 Å². The summed E-state index contributed by atoms with van der Waals surface area (Å²) >= 11 is 0. The fraction of sp³-hybridized carbons (Fsp3) is 0.212. The lowest BCUT2D eigenvalue weighted by atomic mass is 9.93. The molecule has 0 bridgehead atoms. The van der Waals surface area contributed by atoms with Crippen LogP contribution in [0.3, 0.4) is 0 Å². The Labute approximate surface area is 227 Å². The fourth-order valence-electron chi connectivity index (χ4n) is 5.06. The van der Waals surface area contributed by atoms with Crippen molar-refractivity contribution in [3.8, 4) is 33.7 Å². The zero-order valence-corrected chi connectivity index (χ0v) is 22.1. The van der Waals surface area contributed by atoms with E-state index in [1.165, 1.54) is 0 Å². The molecule has 6 heteroatoms. The number of nitrogens with zero attached hydrogens (tertiary/aromatic N) is 3. The smallest absolute Gasteiger partial charge is 0.316 e. The molecule has 6 rings (SSSR count). The molecule has 0 saturated heterocycles. The predicted octanol–water partition coefficient (Wildman–Crippen LogP) is 6.96. The molecular weight excluding hydrogens is 486 g/mol. The van der Waals surface area contributed by atoms with Crippen molar-refractivity contribution in [2.24, 2.45) is 0 Å². The second kappa shape index (κ2) is 10.3. The monoisotopic (exact) mass is 515 g/mol. The Morgan fingerprint density at radius 3 is 2.28 bits per heavy atom. The maximum Gasteiger partial charge on any atom is 0.316 e. The lowest BCUT2D eigenvalue weighted by Crippen LogP contribution is -2.23. The average Bonchev–Trinajstić information content (AvgIpc) is 3.73. The van der Waals surface area contributed by atoms with Gasteiger partial charge in [0.25, 0.3) is 0 Å². The van der Waals surface area contributed by atoms with Crippen LogP contribution in [-0.4, -0.2) is 27.7 Å². The standard InChI is InChI=1S/C33H29N3O3/c1-3-38-32(37)33(17-18-33)27-15-13-24(14-16-27)23-9-11-25(12-10-23)31-29(22(2)36-39-31)20-28-7-4-8-30(35-28)26-6-5-19-34-21-26/h4-16,19,21H,3,17-18,20H2,1-2H3. The lowest BCUT2D eigenvalue weighted by Gasteiger charge is -2.14. The van der Waals surface area contributed by atoms with E-state index in [2.05, 4.69) is 58.7 Å². The summed E-state index contributed by atoms with van der Waals surface area (Å²) < 4.78 is 11.1. The summed E-state index contributed by atoms with van der Waals surface area (Å²) in [6.45, 7) is 4.22. The summed E-state index contributed by atoms with van der Waals surface area (Å²) in [5.74, 6) is 0.646. The predicted molar refractivity (Wildman–Crippen MR) is 150 cm³/mol. The van der Waals surface area contributed by atoms with E-state index in [0.29, 0.717) is 13.0 Å². The Morgan fingerprint density at radius 1 is 0.897 bits per heavy atom. The number of hydrogen-bond acceptors (Lipinski definition) is 6. The van der Waals surface area contributed by atoms with Crippen LogP contribution in [0.25, 0.3) is 33.7 Å². The van der Waals surface area contributed by atoms with Crippen LogP contribution in [0.15, 0.2) is 95.8 Å². The summed E-state index contributed by atoms with van der Waals surface area (Å²) in [5.41, 5.74) is 8.43. The number of carbonyl (C=O) groups excluding carboxylic acids is 1. The highest BCUT2D eigenvalue weighted by molar-refractivity contribution is 5.87. The number of ether oxygens (including phenoxy) is 1. The molecule has 6 nitrogen and oxygen atoms in total. The first kappa shape index (κ1) is 24.7. The first-order valence-electron chi connectivity index (χ1n) is 13.3. The maximum absolute atomic E-state index is 12.4. The molecule has 2 aromatic carbocycles. The minimum atomic E-state index is -0.453. The Balaban J connectivity index is 1.22. The third-order valence-electron chi connectivity index (χ3n) is 7.44. The van der Waals surface area contributed by atoms with Gasteiger partial charge in [0, 0.05) is 41.2 Å². The number of benzene rings is 2. The van der Waals surface area contributed by atoms with Gasteiger partial charge >= 0.3 is 5.97 Å². The molecule has 1 aliphatic carbocycles. The van der Waals surface area contributed by atoms with Crippen LogP contribution in [0, 0.1) is 6.92 Å². The first-order valence-corrected chi connectivity index (χ1v) is 13.3. The van der Waals surface area contributed by atoms with Gasteiger partial charge in [-0.25, -0.2) is 0 Å². The van der Waals surface area contributed by atoms with Gasteiger partial charge in [0.2, 0.25) is 0 Å². The van der Waals surface area contributed by atoms with Crippen LogP contribution in [0.1, 0.15) is 42.3 Å². The number of aryl methyl sites for hydroxylation is 1. The molecule has 0 N–H and O–H groups in total. The summed E-state index contributed by atoms with van der Waals surface area (Å²) in [4.78, 5) is 21.5. The van der Waals surface area contributed by atoms with Crippen molar-refractivity contribution in [1.29, 1.82) is 0 Å². The number of aromatic nitrogens is 3. The van der Waals surface area contributed by atoms with E-state index >= 15 is 0 Å². The van der Waals surface area contributed by atoms with E-state index in [4.69, 9.17) is 14.2 Å². The molecule has 0 amide bonds. The first-order chi connectivity index (χ1) is 19.1. The molecule has 0 radical (unpaired) electrons. The molecule has 1 aliphatic rings. The summed E-state index contributed by atoms with van der Waals surface area (Å²) in [6, 6.07) is 26.5. The Morgan fingerprint density at radius 2 is 1.62 bits per heavy atom. The number of carbonyl (C=O) groups is 1. The number of esters is 1. The summed E-state index contributed by atoms with van der Waals surface area (Å²) in [5, 5.41) is 4.27. The van der Waals surface area contributed by atoms with Crippen molar-refractivity contribution in [2.75, 3.05) is 6.61 Å². The van der Waals surface area contributed by atoms with Gasteiger partial charge in [-0.05, 0) is 67.6 Å². The molecule has 0 aliphatic heterocycles. The van der Waals surface area contributed by atoms with Crippen LogP contribution < -0.4 is 0 Å². The highest BCUT2D eigenvalue weighted by Gasteiger charge is 2.52. The van der Waals surface area contributed by atoms with Crippen LogP contribution >= 0.6 is 0 Å². The van der Waals surface area contributed by atoms with Crippen molar-refractivity contribution < 1.29 is 14.1 Å². The molecular formula is C33H29N3O3. The van der Waals surface area contributed by atoms with Gasteiger partial charge in [0.15, 0.2) is 5.76 Å². The Bertz CT molecular complexity index is 1600. The third-order valence-corrected chi connectivity index (χ3v) is 7.44. The second-order valence-corrected chi connectivity index (χ2v) is 9.97. The molecule has 5 aromatic rings. The van der Waals surface area contributed by atoms with Gasteiger partial charge in [-0.3, -0.25) is 14.8 Å². The van der Waals surface area contributed by atoms with E-state index in [9.17, 15) is 4.79 Å². The Kier molecular flexibility index (Phi) is 6.53. The van der Waals surface area contributed by atoms with Crippen LogP contribution in [0.4, 0.5) is 0 Å². The minimum absolute atomic E-state index is 0.112. The molecule has 1 fully saturated rings. The molecule has 0 atom stereocenters. The highest BCUT2D eigenvalue weighted by Crippen LogP contribution is 2.49. The molecule has 3 aromatic heterocycles. The summed E-state index contributed by atoms with van der Waals surface area (Å²) in [6.07, 6.45) is 5.89. The van der Waals surface area contributed by atoms with Gasteiger partial charge in [0.1, 0.15) is 0 Å². The van der Waals surface area contributed by atoms with Gasteiger partial charge in [0.05, 0.1) is 23.4 Å². The number of pyridine rings is 2. The van der Waals surface area contributed by atoms with Crippen LogP contribution in [0.2, 0.25) is 0 Å². The zero-order chi connectivity index (χ0) is 26.8. The van der Waals surface area contributed by atoms with Crippen molar-refractivity contribution in [3.63, 3.8) is 0 Å². The van der Waals surface area contributed by atoms with Crippen molar-refractivity contribution >= 4 is 5.97 Å². The zero-order valence-electron chi connectivity index (χ0n) is 22.1. The van der Waals surface area contributed by atoms with E-state index in [1.54, 1.807) is 6.20 Å². The number of rotatable bonds is 8. The number of hydrogen-bond donors (Lipinski definition) is 0. The fourth-order valence-corrected chi connectivity index (χ4v) is 5.06. The highest BCUT2D eigenvalue weighted by atomic mass is 16.5. The molecule has 0 spiro atoms. The van der Waals surface area contributed by atoms with Gasteiger partial charge < -0.3 is 9.26 Å². The minimum Gasteiger partial charge on any atom is -0.465 e. The van der Waals surface area contributed by atoms with Crippen molar-refractivity contribution in [1.82, 2.24) is 15.1 Å². The second-order valence-electron chi connectivity index (χ2n) is 9.97.